The molecule has 0 bridgehead atoms. The van der Waals surface area contributed by atoms with Crippen molar-refractivity contribution in [2.45, 2.75) is 38.6 Å². The molecule has 2 aromatic carbocycles. The maximum Gasteiger partial charge on any atom is 0.230 e. The van der Waals surface area contributed by atoms with E-state index in [1.165, 1.54) is 0 Å². The molecule has 0 radical (unpaired) electrons. The van der Waals surface area contributed by atoms with Crippen LogP contribution in [0.2, 0.25) is 0 Å². The van der Waals surface area contributed by atoms with Crippen LogP contribution < -0.4 is 19.5 Å². The molecule has 2 aliphatic heterocycles. The van der Waals surface area contributed by atoms with E-state index in [1.807, 2.05) is 35.2 Å². The van der Waals surface area contributed by atoms with E-state index in [0.717, 1.165) is 30.6 Å². The van der Waals surface area contributed by atoms with Gasteiger partial charge in [-0.1, -0.05) is 25.5 Å². The Kier molecular flexibility index (Phi) is 6.83. The first-order valence-corrected chi connectivity index (χ1v) is 11.2. The van der Waals surface area contributed by atoms with E-state index in [0.29, 0.717) is 36.9 Å². The van der Waals surface area contributed by atoms with Gasteiger partial charge in [0.15, 0.2) is 11.5 Å². The van der Waals surface area contributed by atoms with Crippen LogP contribution >= 0.6 is 0 Å². The highest BCUT2D eigenvalue weighted by Crippen LogP contribution is 2.40. The SMILES string of the molecule is CCCCN1C(=O)CC(C(=O)Nc2ccc3c(c2)OCCCO3)C1c1ccc(OC)cc1. The largest absolute Gasteiger partial charge is 0.497 e. The number of rotatable bonds is 7. The van der Waals surface area contributed by atoms with E-state index >= 15 is 0 Å². The number of ether oxygens (including phenoxy) is 3. The summed E-state index contributed by atoms with van der Waals surface area (Å²) in [6.07, 6.45) is 2.89. The molecule has 2 heterocycles. The summed E-state index contributed by atoms with van der Waals surface area (Å²) in [4.78, 5) is 28.1. The molecule has 0 saturated carbocycles. The number of unbranched alkanes of at least 4 members (excludes halogenated alkanes) is 1. The molecule has 0 aliphatic carbocycles. The van der Waals surface area contributed by atoms with Crippen molar-refractivity contribution in [3.05, 3.63) is 48.0 Å². The van der Waals surface area contributed by atoms with Gasteiger partial charge in [0.25, 0.3) is 0 Å². The van der Waals surface area contributed by atoms with Crippen molar-refractivity contribution in [2.24, 2.45) is 5.92 Å². The van der Waals surface area contributed by atoms with Gasteiger partial charge >= 0.3 is 0 Å². The number of carbonyl (C=O) groups is 2. The summed E-state index contributed by atoms with van der Waals surface area (Å²) in [6.45, 7) is 3.92. The van der Waals surface area contributed by atoms with Crippen molar-refractivity contribution in [2.75, 3.05) is 32.2 Å². The number of anilines is 1. The second-order valence-electron chi connectivity index (χ2n) is 8.17. The number of nitrogens with one attached hydrogen (secondary N) is 1. The zero-order chi connectivity index (χ0) is 22.5. The monoisotopic (exact) mass is 438 g/mol. The summed E-state index contributed by atoms with van der Waals surface area (Å²) in [5, 5.41) is 3.00. The highest BCUT2D eigenvalue weighted by atomic mass is 16.5. The minimum atomic E-state index is -0.483. The van der Waals surface area contributed by atoms with Crippen LogP contribution in [0.3, 0.4) is 0 Å². The molecule has 2 atom stereocenters. The Hall–Kier alpha value is -3.22. The summed E-state index contributed by atoms with van der Waals surface area (Å²) in [5.74, 6) is 1.40. The molecule has 2 aliphatic rings. The zero-order valence-electron chi connectivity index (χ0n) is 18.6. The Morgan fingerprint density at radius 3 is 2.59 bits per heavy atom. The highest BCUT2D eigenvalue weighted by Gasteiger charge is 2.44. The lowest BCUT2D eigenvalue weighted by molar-refractivity contribution is -0.129. The van der Waals surface area contributed by atoms with Crippen LogP contribution in [0, 0.1) is 5.92 Å². The summed E-state index contributed by atoms with van der Waals surface area (Å²) >= 11 is 0. The van der Waals surface area contributed by atoms with E-state index in [2.05, 4.69) is 12.2 Å². The van der Waals surface area contributed by atoms with Crippen LogP contribution in [-0.2, 0) is 9.59 Å². The van der Waals surface area contributed by atoms with Gasteiger partial charge in [0.1, 0.15) is 5.75 Å². The number of nitrogens with zero attached hydrogens (tertiary/aromatic N) is 1. The predicted molar refractivity (Wildman–Crippen MR) is 121 cm³/mol. The van der Waals surface area contributed by atoms with Gasteiger partial charge in [-0.25, -0.2) is 0 Å². The van der Waals surface area contributed by atoms with E-state index in [4.69, 9.17) is 14.2 Å². The Balaban J connectivity index is 1.57. The number of benzene rings is 2. The second-order valence-corrected chi connectivity index (χ2v) is 8.17. The predicted octanol–water partition coefficient (Wildman–Crippen LogP) is 4.18. The van der Waals surface area contributed by atoms with Gasteiger partial charge in [0, 0.05) is 31.1 Å². The van der Waals surface area contributed by atoms with E-state index in [-0.39, 0.29) is 24.3 Å². The van der Waals surface area contributed by atoms with Crippen molar-refractivity contribution in [3.8, 4) is 17.2 Å². The first-order valence-electron chi connectivity index (χ1n) is 11.2. The third kappa shape index (κ3) is 4.66. The number of hydrogen-bond acceptors (Lipinski definition) is 5. The molecule has 2 amide bonds. The molecule has 1 N–H and O–H groups in total. The third-order valence-electron chi connectivity index (χ3n) is 5.99. The molecule has 1 fully saturated rings. The Labute approximate surface area is 188 Å². The van der Waals surface area contributed by atoms with Gasteiger partial charge in [-0.05, 0) is 36.2 Å². The molecule has 32 heavy (non-hydrogen) atoms. The summed E-state index contributed by atoms with van der Waals surface area (Å²) < 4.78 is 16.7. The van der Waals surface area contributed by atoms with Crippen molar-refractivity contribution in [3.63, 3.8) is 0 Å². The zero-order valence-corrected chi connectivity index (χ0v) is 18.6. The molecule has 170 valence electrons. The standard InChI is InChI=1S/C25H30N2O5/c1-3-4-12-27-23(28)16-20(24(27)17-6-9-19(30-2)10-7-17)25(29)26-18-8-11-21-22(15-18)32-14-5-13-31-21/h6-11,15,20,24H,3-5,12-14,16H2,1-2H3,(H,26,29). The van der Waals surface area contributed by atoms with Crippen LogP contribution in [0.15, 0.2) is 42.5 Å². The molecule has 4 rings (SSSR count). The Morgan fingerprint density at radius 1 is 1.12 bits per heavy atom. The number of methoxy groups -OCH3 is 1. The number of carbonyl (C=O) groups excluding carboxylic acids is 2. The second kappa shape index (κ2) is 9.94. The fraction of sp³-hybridized carbons (Fsp3) is 0.440. The van der Waals surface area contributed by atoms with E-state index < -0.39 is 5.92 Å². The molecule has 0 aromatic heterocycles. The molecule has 0 spiro atoms. The number of amides is 2. The fourth-order valence-electron chi connectivity index (χ4n) is 4.31. The van der Waals surface area contributed by atoms with Crippen molar-refractivity contribution in [1.82, 2.24) is 4.90 Å². The minimum Gasteiger partial charge on any atom is -0.497 e. The molecule has 2 unspecified atom stereocenters. The molecular formula is C25H30N2O5. The quantitative estimate of drug-likeness (QED) is 0.702. The van der Waals surface area contributed by atoms with Crippen LogP contribution in [0.5, 0.6) is 17.2 Å². The number of hydrogen-bond donors (Lipinski definition) is 1. The number of likely N-dealkylation sites (tertiary alicyclic amines) is 1. The first kappa shape index (κ1) is 22.0. The van der Waals surface area contributed by atoms with E-state index in [9.17, 15) is 9.59 Å². The van der Waals surface area contributed by atoms with Crippen LogP contribution in [0.4, 0.5) is 5.69 Å². The van der Waals surface area contributed by atoms with Gasteiger partial charge in [0.05, 0.1) is 32.3 Å². The van der Waals surface area contributed by atoms with Gasteiger partial charge < -0.3 is 24.4 Å². The number of fused-ring (bicyclic) bond motifs is 1. The highest BCUT2D eigenvalue weighted by molar-refractivity contribution is 5.98. The van der Waals surface area contributed by atoms with E-state index in [1.54, 1.807) is 19.2 Å². The van der Waals surface area contributed by atoms with Crippen molar-refractivity contribution < 1.29 is 23.8 Å². The average Bonchev–Trinajstić information content (AvgIpc) is 2.97. The van der Waals surface area contributed by atoms with Gasteiger partial charge in [-0.2, -0.15) is 0 Å². The fourth-order valence-corrected chi connectivity index (χ4v) is 4.31. The minimum absolute atomic E-state index is 0.0121. The lowest BCUT2D eigenvalue weighted by atomic mass is 9.92. The molecular weight excluding hydrogens is 408 g/mol. The van der Waals surface area contributed by atoms with Crippen LogP contribution in [-0.4, -0.2) is 43.6 Å². The normalized spacial score (nSPS) is 20.1. The molecule has 7 nitrogen and oxygen atoms in total. The van der Waals surface area contributed by atoms with Gasteiger partial charge in [0.2, 0.25) is 11.8 Å². The summed E-state index contributed by atoms with van der Waals surface area (Å²) in [7, 11) is 1.62. The molecule has 2 aromatic rings. The topological polar surface area (TPSA) is 77.1 Å². The summed E-state index contributed by atoms with van der Waals surface area (Å²) in [5.41, 5.74) is 1.57. The first-order chi connectivity index (χ1) is 15.6. The van der Waals surface area contributed by atoms with Crippen LogP contribution in [0.25, 0.3) is 0 Å². The average molecular weight is 439 g/mol. The lowest BCUT2D eigenvalue weighted by Gasteiger charge is -2.28. The maximum absolute atomic E-state index is 13.3. The summed E-state index contributed by atoms with van der Waals surface area (Å²) in [6, 6.07) is 12.7. The third-order valence-corrected chi connectivity index (χ3v) is 5.99. The van der Waals surface area contributed by atoms with Crippen molar-refractivity contribution in [1.29, 1.82) is 0 Å². The van der Waals surface area contributed by atoms with Gasteiger partial charge in [-0.15, -0.1) is 0 Å². The Bertz CT molecular complexity index is 959. The Morgan fingerprint density at radius 2 is 1.88 bits per heavy atom. The smallest absolute Gasteiger partial charge is 0.230 e. The van der Waals surface area contributed by atoms with Crippen molar-refractivity contribution >= 4 is 17.5 Å². The van der Waals surface area contributed by atoms with Gasteiger partial charge in [-0.3, -0.25) is 9.59 Å². The molecule has 1 saturated heterocycles. The molecule has 7 heteroatoms. The maximum atomic E-state index is 13.3. The van der Waals surface area contributed by atoms with Crippen LogP contribution in [0.1, 0.15) is 44.2 Å². The lowest BCUT2D eigenvalue weighted by Crippen LogP contribution is -2.33.